The number of aromatic nitrogens is 2. The Kier molecular flexibility index (Phi) is 3.23. The van der Waals surface area contributed by atoms with Crippen LogP contribution >= 0.6 is 0 Å². The van der Waals surface area contributed by atoms with E-state index in [2.05, 4.69) is 130 Å². The van der Waals surface area contributed by atoms with Gasteiger partial charge in [-0.1, -0.05) is 97.1 Å². The highest BCUT2D eigenvalue weighted by molar-refractivity contribution is 6.39. The maximum Gasteiger partial charge on any atom is 0.0789 e. The van der Waals surface area contributed by atoms with E-state index >= 15 is 0 Å². The van der Waals surface area contributed by atoms with E-state index < -0.39 is 0 Å². The van der Waals surface area contributed by atoms with Crippen LogP contribution in [-0.4, -0.2) is 8.97 Å². The number of benzene rings is 7. The summed E-state index contributed by atoms with van der Waals surface area (Å²) in [7, 11) is 0. The van der Waals surface area contributed by atoms with Crippen molar-refractivity contribution < 1.29 is 0 Å². The van der Waals surface area contributed by atoms with Crippen LogP contribution < -0.4 is 0 Å². The number of hydrogen-bond donors (Lipinski definition) is 0. The summed E-state index contributed by atoms with van der Waals surface area (Å²) in [5, 5.41) is 13.3. The minimum Gasteiger partial charge on any atom is -0.307 e. The maximum absolute atomic E-state index is 2.55. The van der Waals surface area contributed by atoms with Gasteiger partial charge in [0.15, 0.2) is 0 Å². The molecule has 0 saturated carbocycles. The second-order valence-corrected chi connectivity index (χ2v) is 10.5. The van der Waals surface area contributed by atoms with Crippen molar-refractivity contribution >= 4 is 81.4 Å². The fourth-order valence-corrected chi connectivity index (χ4v) is 7.37. The van der Waals surface area contributed by atoms with Gasteiger partial charge in [-0.05, 0) is 45.8 Å². The zero-order valence-corrected chi connectivity index (χ0v) is 20.4. The van der Waals surface area contributed by atoms with Crippen molar-refractivity contribution in [2.75, 3.05) is 0 Å². The molecule has 38 heavy (non-hydrogen) atoms. The SMILES string of the molecule is c1ccc2c(c1)c1ccc(-n3c4ccccc4c4ccccc43)c3c1c1c2ccc2c4ccccc4n3c21. The monoisotopic (exact) mass is 480 g/mol. The van der Waals surface area contributed by atoms with E-state index in [1.807, 2.05) is 0 Å². The molecular formula is C36H20N2. The van der Waals surface area contributed by atoms with Crippen LogP contribution in [0.15, 0.2) is 121 Å². The second-order valence-electron chi connectivity index (χ2n) is 10.5. The van der Waals surface area contributed by atoms with Crippen molar-refractivity contribution in [1.29, 1.82) is 0 Å². The number of fused-ring (bicyclic) bond motifs is 10. The molecule has 0 bridgehead atoms. The summed E-state index contributed by atoms with van der Waals surface area (Å²) >= 11 is 0. The normalized spacial score (nSPS) is 12.7. The quantitative estimate of drug-likeness (QED) is 0.207. The van der Waals surface area contributed by atoms with Crippen LogP contribution in [0.3, 0.4) is 0 Å². The Bertz CT molecular complexity index is 2510. The average Bonchev–Trinajstić information content (AvgIpc) is 3.62. The molecule has 3 heterocycles. The molecule has 0 aliphatic rings. The summed E-state index contributed by atoms with van der Waals surface area (Å²) in [6.45, 7) is 0. The van der Waals surface area contributed by atoms with Crippen molar-refractivity contribution in [3.8, 4) is 5.69 Å². The Labute approximate surface area is 217 Å². The smallest absolute Gasteiger partial charge is 0.0789 e. The topological polar surface area (TPSA) is 9.34 Å². The van der Waals surface area contributed by atoms with Gasteiger partial charge in [-0.3, -0.25) is 0 Å². The van der Waals surface area contributed by atoms with Gasteiger partial charge in [0, 0.05) is 32.3 Å². The maximum atomic E-state index is 2.55. The van der Waals surface area contributed by atoms with Crippen LogP contribution in [-0.2, 0) is 0 Å². The summed E-state index contributed by atoms with van der Waals surface area (Å²) in [6, 6.07) is 44.8. The number of rotatable bonds is 1. The molecule has 0 N–H and O–H groups in total. The van der Waals surface area contributed by atoms with Gasteiger partial charge in [0.05, 0.1) is 33.3 Å². The fraction of sp³-hybridized carbons (Fsp3) is 0. The van der Waals surface area contributed by atoms with Crippen LogP contribution in [0, 0.1) is 0 Å². The molecule has 2 heteroatoms. The van der Waals surface area contributed by atoms with E-state index in [1.165, 1.54) is 87.1 Å². The van der Waals surface area contributed by atoms with E-state index in [1.54, 1.807) is 0 Å². The van der Waals surface area contributed by atoms with Crippen molar-refractivity contribution in [3.05, 3.63) is 121 Å². The zero-order valence-electron chi connectivity index (χ0n) is 20.4. The molecule has 0 fully saturated rings. The van der Waals surface area contributed by atoms with Crippen LogP contribution in [0.4, 0.5) is 0 Å². The molecule has 0 saturated heterocycles. The molecule has 0 unspecified atom stereocenters. The highest BCUT2D eigenvalue weighted by Crippen LogP contribution is 2.49. The molecule has 0 radical (unpaired) electrons. The molecule has 0 amide bonds. The van der Waals surface area contributed by atoms with Gasteiger partial charge in [-0.15, -0.1) is 0 Å². The molecule has 0 aliphatic carbocycles. The predicted molar refractivity (Wildman–Crippen MR) is 162 cm³/mol. The summed E-state index contributed by atoms with van der Waals surface area (Å²) in [4.78, 5) is 0. The van der Waals surface area contributed by atoms with Gasteiger partial charge in [0.25, 0.3) is 0 Å². The number of nitrogens with zero attached hydrogens (tertiary/aromatic N) is 2. The van der Waals surface area contributed by atoms with Crippen molar-refractivity contribution in [2.24, 2.45) is 0 Å². The molecule has 10 rings (SSSR count). The van der Waals surface area contributed by atoms with Gasteiger partial charge in [0.1, 0.15) is 0 Å². The van der Waals surface area contributed by atoms with Crippen molar-refractivity contribution in [3.63, 3.8) is 0 Å². The fourth-order valence-electron chi connectivity index (χ4n) is 7.37. The van der Waals surface area contributed by atoms with E-state index in [0.29, 0.717) is 0 Å². The highest BCUT2D eigenvalue weighted by atomic mass is 15.0. The van der Waals surface area contributed by atoms with Crippen LogP contribution in [0.25, 0.3) is 87.1 Å². The molecule has 174 valence electrons. The van der Waals surface area contributed by atoms with Gasteiger partial charge < -0.3 is 8.97 Å². The van der Waals surface area contributed by atoms with Crippen molar-refractivity contribution in [2.45, 2.75) is 0 Å². The standard InChI is InChI=1S/C36H20N2/c1-2-10-22-21(9-1)26-17-18-28-25-13-5-8-16-31(25)38-35(28)33(26)34-27(22)19-20-32(36(34)38)37-29-14-6-3-11-23(29)24-12-4-7-15-30(24)37/h1-20H. The molecule has 0 spiro atoms. The minimum absolute atomic E-state index is 1.23. The first-order chi connectivity index (χ1) is 18.9. The lowest BCUT2D eigenvalue weighted by Crippen LogP contribution is -1.97. The Morgan fingerprint density at radius 2 is 0.763 bits per heavy atom. The lowest BCUT2D eigenvalue weighted by Gasteiger charge is -2.14. The van der Waals surface area contributed by atoms with Crippen LogP contribution in [0.1, 0.15) is 0 Å². The largest absolute Gasteiger partial charge is 0.307 e. The summed E-state index contributed by atoms with van der Waals surface area (Å²) in [5.74, 6) is 0. The number of para-hydroxylation sites is 3. The summed E-state index contributed by atoms with van der Waals surface area (Å²) in [6.07, 6.45) is 0. The van der Waals surface area contributed by atoms with Gasteiger partial charge >= 0.3 is 0 Å². The van der Waals surface area contributed by atoms with Gasteiger partial charge in [-0.2, -0.15) is 0 Å². The van der Waals surface area contributed by atoms with Crippen LogP contribution in [0.5, 0.6) is 0 Å². The summed E-state index contributed by atoms with van der Waals surface area (Å²) < 4.78 is 5.03. The second kappa shape index (κ2) is 6.42. The van der Waals surface area contributed by atoms with Crippen LogP contribution in [0.2, 0.25) is 0 Å². The van der Waals surface area contributed by atoms with E-state index in [4.69, 9.17) is 0 Å². The van der Waals surface area contributed by atoms with Gasteiger partial charge in [-0.25, -0.2) is 0 Å². The Morgan fingerprint density at radius 3 is 1.39 bits per heavy atom. The first kappa shape index (κ1) is 19.1. The lowest BCUT2D eigenvalue weighted by molar-refractivity contribution is 1.18. The van der Waals surface area contributed by atoms with E-state index in [9.17, 15) is 0 Å². The Hall–Kier alpha value is -5.08. The molecule has 7 aromatic carbocycles. The molecular weight excluding hydrogens is 460 g/mol. The molecule has 3 aromatic heterocycles. The van der Waals surface area contributed by atoms with Gasteiger partial charge in [0.2, 0.25) is 0 Å². The Morgan fingerprint density at radius 1 is 0.316 bits per heavy atom. The average molecular weight is 481 g/mol. The van der Waals surface area contributed by atoms with Crippen molar-refractivity contribution in [1.82, 2.24) is 8.97 Å². The van der Waals surface area contributed by atoms with E-state index in [0.717, 1.165) is 0 Å². The molecule has 0 aliphatic heterocycles. The van der Waals surface area contributed by atoms with E-state index in [-0.39, 0.29) is 0 Å². The molecule has 0 atom stereocenters. The number of hydrogen-bond acceptors (Lipinski definition) is 0. The zero-order chi connectivity index (χ0) is 24.5. The lowest BCUT2D eigenvalue weighted by atomic mass is 9.93. The molecule has 2 nitrogen and oxygen atoms in total. The first-order valence-electron chi connectivity index (χ1n) is 13.2. The Balaban J connectivity index is 1.57. The minimum atomic E-state index is 1.23. The molecule has 10 aromatic rings. The third kappa shape index (κ3) is 2.02. The summed E-state index contributed by atoms with van der Waals surface area (Å²) in [5.41, 5.74) is 7.60. The first-order valence-corrected chi connectivity index (χ1v) is 13.2. The highest BCUT2D eigenvalue weighted by Gasteiger charge is 2.25. The third-order valence-corrected chi connectivity index (χ3v) is 8.80. The predicted octanol–water partition coefficient (Wildman–Crippen LogP) is 9.68. The third-order valence-electron chi connectivity index (χ3n) is 8.80.